The number of Topliss-reactive ketones (excluding diaryl/α,β-unsaturated/α-hetero) is 1. The molecule has 0 bridgehead atoms. The van der Waals surface area contributed by atoms with E-state index in [-0.39, 0.29) is 11.7 Å². The van der Waals surface area contributed by atoms with Gasteiger partial charge in [0.05, 0.1) is 0 Å². The van der Waals surface area contributed by atoms with Crippen molar-refractivity contribution in [2.45, 2.75) is 26.7 Å². The van der Waals surface area contributed by atoms with E-state index in [1.807, 2.05) is 19.2 Å². The van der Waals surface area contributed by atoms with E-state index in [0.29, 0.717) is 0 Å². The van der Waals surface area contributed by atoms with E-state index in [1.165, 1.54) is 0 Å². The number of hydrogen-bond donors (Lipinski definition) is 0. The smallest absolute Gasteiger partial charge is 0.133 e. The molecule has 0 aliphatic heterocycles. The molecule has 14 heavy (non-hydrogen) atoms. The van der Waals surface area contributed by atoms with Gasteiger partial charge in [-0.25, -0.2) is 0 Å². The Bertz CT molecular complexity index is 325. The molecule has 3 heteroatoms. The molecule has 1 aromatic rings. The summed E-state index contributed by atoms with van der Waals surface area (Å²) in [6.07, 6.45) is 5.24. The molecule has 0 saturated carbocycles. The molecule has 1 heterocycles. The zero-order chi connectivity index (χ0) is 10.6. The van der Waals surface area contributed by atoms with Crippen LogP contribution in [-0.2, 0) is 11.2 Å². The Hall–Kier alpha value is -0.700. The highest BCUT2D eigenvalue weighted by Crippen LogP contribution is 2.16. The maximum atomic E-state index is 11.2. The second-order valence-corrected chi connectivity index (χ2v) is 4.35. The summed E-state index contributed by atoms with van der Waals surface area (Å²) in [7, 11) is 0. The first-order chi connectivity index (χ1) is 6.63. The number of halogens is 1. The quantitative estimate of drug-likeness (QED) is 0.828. The van der Waals surface area contributed by atoms with Gasteiger partial charge in [-0.3, -0.25) is 9.78 Å². The van der Waals surface area contributed by atoms with E-state index in [0.717, 1.165) is 22.9 Å². The lowest BCUT2D eigenvalue weighted by Crippen LogP contribution is -2.12. The number of nitrogens with zero attached hydrogens (tertiary/aromatic N) is 1. The minimum atomic E-state index is 0.131. The van der Waals surface area contributed by atoms with Crippen molar-refractivity contribution in [3.05, 3.63) is 28.5 Å². The van der Waals surface area contributed by atoms with Crippen LogP contribution in [0.5, 0.6) is 0 Å². The van der Waals surface area contributed by atoms with Crippen LogP contribution < -0.4 is 0 Å². The Morgan fingerprint density at radius 2 is 2.29 bits per heavy atom. The fourth-order valence-electron chi connectivity index (χ4n) is 1.43. The van der Waals surface area contributed by atoms with Gasteiger partial charge in [-0.1, -0.05) is 6.92 Å². The molecule has 1 atom stereocenters. The van der Waals surface area contributed by atoms with Gasteiger partial charge < -0.3 is 0 Å². The van der Waals surface area contributed by atoms with Crippen LogP contribution in [0, 0.1) is 5.92 Å². The lowest BCUT2D eigenvalue weighted by Gasteiger charge is -2.10. The number of carbonyl (C=O) groups is 1. The highest BCUT2D eigenvalue weighted by atomic mass is 79.9. The van der Waals surface area contributed by atoms with E-state index < -0.39 is 0 Å². The van der Waals surface area contributed by atoms with Gasteiger partial charge in [-0.05, 0) is 47.3 Å². The minimum Gasteiger partial charge on any atom is -0.300 e. The summed E-state index contributed by atoms with van der Waals surface area (Å²) in [6, 6.07) is 2.01. The third-order valence-corrected chi connectivity index (χ3v) is 2.74. The molecular formula is C11H14BrNO. The summed E-state index contributed by atoms with van der Waals surface area (Å²) in [5.41, 5.74) is 1.11. The molecule has 1 rings (SSSR count). The summed E-state index contributed by atoms with van der Waals surface area (Å²) in [5.74, 6) is 0.388. The Kier molecular flexibility index (Phi) is 4.26. The predicted molar refractivity (Wildman–Crippen MR) is 60.1 cm³/mol. The molecule has 0 fully saturated rings. The molecule has 0 N–H and O–H groups in total. The standard InChI is InChI=1S/C11H14BrNO/c1-3-10(8(2)14)4-9-5-11(12)7-13-6-9/h5-7,10H,3-4H2,1-2H3. The van der Waals surface area contributed by atoms with Crippen molar-refractivity contribution in [3.63, 3.8) is 0 Å². The van der Waals surface area contributed by atoms with Crippen LogP contribution in [0.1, 0.15) is 25.8 Å². The minimum absolute atomic E-state index is 0.131. The van der Waals surface area contributed by atoms with Crippen molar-refractivity contribution in [1.82, 2.24) is 4.98 Å². The maximum absolute atomic E-state index is 11.2. The molecule has 0 spiro atoms. The Morgan fingerprint density at radius 3 is 2.79 bits per heavy atom. The van der Waals surface area contributed by atoms with Crippen molar-refractivity contribution in [3.8, 4) is 0 Å². The van der Waals surface area contributed by atoms with E-state index >= 15 is 0 Å². The SMILES string of the molecule is CCC(Cc1cncc(Br)c1)C(C)=O. The fourth-order valence-corrected chi connectivity index (χ4v) is 1.84. The molecule has 1 unspecified atom stereocenters. The summed E-state index contributed by atoms with van der Waals surface area (Å²) >= 11 is 3.36. The molecule has 1 aromatic heterocycles. The summed E-state index contributed by atoms with van der Waals surface area (Å²) < 4.78 is 0.966. The molecular weight excluding hydrogens is 242 g/mol. The first kappa shape index (κ1) is 11.4. The molecule has 0 amide bonds. The van der Waals surface area contributed by atoms with Gasteiger partial charge in [-0.15, -0.1) is 0 Å². The van der Waals surface area contributed by atoms with Gasteiger partial charge in [0.1, 0.15) is 5.78 Å². The van der Waals surface area contributed by atoms with Crippen molar-refractivity contribution in [1.29, 1.82) is 0 Å². The molecule has 0 aromatic carbocycles. The highest BCUT2D eigenvalue weighted by Gasteiger charge is 2.12. The number of rotatable bonds is 4. The van der Waals surface area contributed by atoms with Gasteiger partial charge in [0, 0.05) is 22.8 Å². The predicted octanol–water partition coefficient (Wildman–Crippen LogP) is 3.00. The van der Waals surface area contributed by atoms with E-state index in [9.17, 15) is 4.79 Å². The van der Waals surface area contributed by atoms with Gasteiger partial charge >= 0.3 is 0 Å². The average Bonchev–Trinajstić information content (AvgIpc) is 2.14. The highest BCUT2D eigenvalue weighted by molar-refractivity contribution is 9.10. The van der Waals surface area contributed by atoms with E-state index in [1.54, 1.807) is 13.1 Å². The number of hydrogen-bond acceptors (Lipinski definition) is 2. The Balaban J connectivity index is 2.72. The average molecular weight is 256 g/mol. The zero-order valence-corrected chi connectivity index (χ0v) is 10.0. The van der Waals surface area contributed by atoms with Crippen LogP contribution in [0.15, 0.2) is 22.9 Å². The van der Waals surface area contributed by atoms with E-state index in [2.05, 4.69) is 20.9 Å². The van der Waals surface area contributed by atoms with Crippen molar-refractivity contribution in [2.24, 2.45) is 5.92 Å². The number of carbonyl (C=O) groups excluding carboxylic acids is 1. The van der Waals surface area contributed by atoms with Crippen LogP contribution in [0.2, 0.25) is 0 Å². The summed E-state index contributed by atoms with van der Waals surface area (Å²) in [4.78, 5) is 15.3. The Morgan fingerprint density at radius 1 is 1.57 bits per heavy atom. The molecule has 0 aliphatic carbocycles. The normalized spacial score (nSPS) is 12.5. The van der Waals surface area contributed by atoms with Crippen LogP contribution in [0.25, 0.3) is 0 Å². The van der Waals surface area contributed by atoms with Crippen LogP contribution in [0.4, 0.5) is 0 Å². The molecule has 0 aliphatic rings. The first-order valence-corrected chi connectivity index (χ1v) is 5.52. The van der Waals surface area contributed by atoms with Crippen molar-refractivity contribution >= 4 is 21.7 Å². The van der Waals surface area contributed by atoms with Crippen molar-refractivity contribution in [2.75, 3.05) is 0 Å². The largest absolute Gasteiger partial charge is 0.300 e. The zero-order valence-electron chi connectivity index (χ0n) is 8.46. The van der Waals surface area contributed by atoms with Crippen LogP contribution >= 0.6 is 15.9 Å². The monoisotopic (exact) mass is 255 g/mol. The molecule has 76 valence electrons. The fraction of sp³-hybridized carbons (Fsp3) is 0.455. The third-order valence-electron chi connectivity index (χ3n) is 2.31. The van der Waals surface area contributed by atoms with Crippen molar-refractivity contribution < 1.29 is 4.79 Å². The van der Waals surface area contributed by atoms with Crippen LogP contribution in [0.3, 0.4) is 0 Å². The lowest BCUT2D eigenvalue weighted by molar-refractivity contribution is -0.120. The number of aromatic nitrogens is 1. The summed E-state index contributed by atoms with van der Waals surface area (Å²) in [6.45, 7) is 3.69. The second kappa shape index (κ2) is 5.25. The number of pyridine rings is 1. The Labute approximate surface area is 92.9 Å². The van der Waals surface area contributed by atoms with Gasteiger partial charge in [-0.2, -0.15) is 0 Å². The topological polar surface area (TPSA) is 30.0 Å². The van der Waals surface area contributed by atoms with Crippen LogP contribution in [-0.4, -0.2) is 10.8 Å². The van der Waals surface area contributed by atoms with E-state index in [4.69, 9.17) is 0 Å². The molecule has 2 nitrogen and oxygen atoms in total. The second-order valence-electron chi connectivity index (χ2n) is 3.43. The summed E-state index contributed by atoms with van der Waals surface area (Å²) in [5, 5.41) is 0. The number of ketones is 1. The first-order valence-electron chi connectivity index (χ1n) is 4.73. The molecule has 0 saturated heterocycles. The van der Waals surface area contributed by atoms with Gasteiger partial charge in [0.2, 0.25) is 0 Å². The molecule has 0 radical (unpaired) electrons. The lowest BCUT2D eigenvalue weighted by atomic mass is 9.94. The van der Waals surface area contributed by atoms with Gasteiger partial charge in [0.15, 0.2) is 0 Å². The third kappa shape index (κ3) is 3.22. The maximum Gasteiger partial charge on any atom is 0.133 e. The van der Waals surface area contributed by atoms with Gasteiger partial charge in [0.25, 0.3) is 0 Å².